The number of hydrogen-bond donors (Lipinski definition) is 2. The van der Waals surface area contributed by atoms with Crippen LogP contribution in [0, 0.1) is 11.2 Å². The molecule has 0 spiro atoms. The maximum Gasteiger partial charge on any atom is 0.213 e. The van der Waals surface area contributed by atoms with Gasteiger partial charge in [-0.15, -0.1) is 0 Å². The van der Waals surface area contributed by atoms with Crippen LogP contribution in [0.15, 0.2) is 18.2 Å². The minimum atomic E-state index is -0.526. The number of benzene rings is 1. The Morgan fingerprint density at radius 2 is 2.31 bits per heavy atom. The molecule has 1 aromatic rings. The van der Waals surface area contributed by atoms with Crippen molar-refractivity contribution in [2.24, 2.45) is 0 Å². The molecule has 70 valence electrons. The Labute approximate surface area is 75.8 Å². The molecule has 4 heteroatoms. The number of nitrogens with two attached hydrogens (primary N) is 1. The van der Waals surface area contributed by atoms with E-state index in [1.54, 1.807) is 13.0 Å². The van der Waals surface area contributed by atoms with E-state index in [2.05, 4.69) is 0 Å². The molecule has 0 amide bonds. The van der Waals surface area contributed by atoms with Gasteiger partial charge >= 0.3 is 0 Å². The molecular weight excluding hydrogens is 171 g/mol. The summed E-state index contributed by atoms with van der Waals surface area (Å²) in [5.74, 6) is -0.566. The molecule has 13 heavy (non-hydrogen) atoms. The van der Waals surface area contributed by atoms with Crippen molar-refractivity contribution >= 4 is 11.6 Å². The summed E-state index contributed by atoms with van der Waals surface area (Å²) in [6, 6.07) is 4.15. The van der Waals surface area contributed by atoms with Crippen molar-refractivity contribution in [3.63, 3.8) is 0 Å². The maximum absolute atomic E-state index is 12.9. The minimum absolute atomic E-state index is 0.0404. The summed E-state index contributed by atoms with van der Waals surface area (Å²) in [5.41, 5.74) is 5.75. The SMILES string of the molecule is CCOC(=N)c1ccc(N)c(F)c1. The Morgan fingerprint density at radius 3 is 2.85 bits per heavy atom. The van der Waals surface area contributed by atoms with Gasteiger partial charge in [0.25, 0.3) is 0 Å². The Bertz CT molecular complexity index is 325. The number of rotatable bonds is 2. The Kier molecular flexibility index (Phi) is 2.84. The Hall–Kier alpha value is -1.58. The monoisotopic (exact) mass is 182 g/mol. The number of hydrogen-bond acceptors (Lipinski definition) is 3. The molecule has 3 N–H and O–H groups in total. The zero-order valence-electron chi connectivity index (χ0n) is 7.30. The molecule has 0 saturated carbocycles. The Morgan fingerprint density at radius 1 is 1.62 bits per heavy atom. The van der Waals surface area contributed by atoms with Gasteiger partial charge in [-0.05, 0) is 25.1 Å². The molecule has 0 radical (unpaired) electrons. The zero-order chi connectivity index (χ0) is 9.84. The van der Waals surface area contributed by atoms with Crippen LogP contribution in [0.4, 0.5) is 10.1 Å². The predicted octanol–water partition coefficient (Wildman–Crippen LogP) is 1.77. The first-order valence-electron chi connectivity index (χ1n) is 3.92. The van der Waals surface area contributed by atoms with E-state index in [1.165, 1.54) is 12.1 Å². The van der Waals surface area contributed by atoms with Gasteiger partial charge in [-0.1, -0.05) is 0 Å². The molecular formula is C9H11FN2O. The third-order valence-electron chi connectivity index (χ3n) is 1.55. The number of halogens is 1. The average Bonchev–Trinajstić information content (AvgIpc) is 2.10. The van der Waals surface area contributed by atoms with Gasteiger partial charge in [0.1, 0.15) is 5.82 Å². The standard InChI is InChI=1S/C9H11FN2O/c1-2-13-9(12)6-3-4-8(11)7(10)5-6/h3-5,12H,2,11H2,1H3. The molecule has 0 saturated heterocycles. The lowest BCUT2D eigenvalue weighted by molar-refractivity contribution is 0.325. The summed E-state index contributed by atoms with van der Waals surface area (Å²) in [6.45, 7) is 2.16. The van der Waals surface area contributed by atoms with Gasteiger partial charge in [0.15, 0.2) is 0 Å². The average molecular weight is 182 g/mol. The number of anilines is 1. The van der Waals surface area contributed by atoms with Crippen LogP contribution in [0.5, 0.6) is 0 Å². The summed E-state index contributed by atoms with van der Waals surface area (Å²) >= 11 is 0. The van der Waals surface area contributed by atoms with E-state index in [0.29, 0.717) is 12.2 Å². The van der Waals surface area contributed by atoms with Crippen molar-refractivity contribution in [1.82, 2.24) is 0 Å². The van der Waals surface area contributed by atoms with Crippen molar-refractivity contribution < 1.29 is 9.13 Å². The molecule has 0 bridgehead atoms. The van der Waals surface area contributed by atoms with Gasteiger partial charge in [0.2, 0.25) is 5.90 Å². The fourth-order valence-corrected chi connectivity index (χ4v) is 0.896. The summed E-state index contributed by atoms with van der Waals surface area (Å²) in [5, 5.41) is 7.37. The van der Waals surface area contributed by atoms with Crippen LogP contribution in [0.2, 0.25) is 0 Å². The molecule has 0 aliphatic carbocycles. The smallest absolute Gasteiger partial charge is 0.213 e. The van der Waals surface area contributed by atoms with E-state index < -0.39 is 5.82 Å². The van der Waals surface area contributed by atoms with Crippen LogP contribution in [0.1, 0.15) is 12.5 Å². The highest BCUT2D eigenvalue weighted by Crippen LogP contribution is 2.12. The molecule has 0 unspecified atom stereocenters. The van der Waals surface area contributed by atoms with E-state index in [-0.39, 0.29) is 11.6 Å². The summed E-state index contributed by atoms with van der Waals surface area (Å²) < 4.78 is 17.8. The van der Waals surface area contributed by atoms with Crippen LogP contribution < -0.4 is 5.73 Å². The second kappa shape index (κ2) is 3.89. The van der Waals surface area contributed by atoms with E-state index in [4.69, 9.17) is 15.9 Å². The van der Waals surface area contributed by atoms with E-state index >= 15 is 0 Å². The van der Waals surface area contributed by atoms with Gasteiger partial charge in [-0.2, -0.15) is 0 Å². The van der Waals surface area contributed by atoms with E-state index in [1.807, 2.05) is 0 Å². The fraction of sp³-hybridized carbons (Fsp3) is 0.222. The molecule has 0 aromatic heterocycles. The maximum atomic E-state index is 12.9. The van der Waals surface area contributed by atoms with Gasteiger partial charge in [0.05, 0.1) is 12.3 Å². The first kappa shape index (κ1) is 9.51. The molecule has 1 aromatic carbocycles. The first-order chi connectivity index (χ1) is 6.15. The molecule has 0 aliphatic heterocycles. The highest BCUT2D eigenvalue weighted by molar-refractivity contribution is 5.91. The molecule has 0 heterocycles. The number of nitrogen functional groups attached to an aromatic ring is 1. The van der Waals surface area contributed by atoms with Crippen molar-refractivity contribution in [2.75, 3.05) is 12.3 Å². The van der Waals surface area contributed by atoms with Gasteiger partial charge in [0, 0.05) is 5.56 Å². The predicted molar refractivity (Wildman–Crippen MR) is 49.3 cm³/mol. The van der Waals surface area contributed by atoms with Crippen molar-refractivity contribution in [3.05, 3.63) is 29.6 Å². The molecule has 1 rings (SSSR count). The van der Waals surface area contributed by atoms with E-state index in [9.17, 15) is 4.39 Å². The minimum Gasteiger partial charge on any atom is -0.478 e. The van der Waals surface area contributed by atoms with Crippen LogP contribution in [0.3, 0.4) is 0 Å². The lowest BCUT2D eigenvalue weighted by Gasteiger charge is -2.05. The fourth-order valence-electron chi connectivity index (χ4n) is 0.896. The molecule has 0 atom stereocenters. The van der Waals surface area contributed by atoms with Crippen LogP contribution in [0.25, 0.3) is 0 Å². The van der Waals surface area contributed by atoms with Crippen molar-refractivity contribution in [1.29, 1.82) is 5.41 Å². The van der Waals surface area contributed by atoms with Crippen LogP contribution in [-0.2, 0) is 4.74 Å². The lowest BCUT2D eigenvalue weighted by atomic mass is 10.2. The summed E-state index contributed by atoms with van der Waals surface area (Å²) in [7, 11) is 0. The third kappa shape index (κ3) is 2.18. The van der Waals surface area contributed by atoms with Gasteiger partial charge in [-0.3, -0.25) is 5.41 Å². The highest BCUT2D eigenvalue weighted by atomic mass is 19.1. The lowest BCUT2D eigenvalue weighted by Crippen LogP contribution is -2.05. The van der Waals surface area contributed by atoms with Crippen LogP contribution in [-0.4, -0.2) is 12.5 Å². The molecule has 0 aliphatic rings. The Balaban J connectivity index is 2.90. The normalized spacial score (nSPS) is 9.69. The van der Waals surface area contributed by atoms with Crippen molar-refractivity contribution in [3.8, 4) is 0 Å². The third-order valence-corrected chi connectivity index (χ3v) is 1.55. The number of ether oxygens (including phenoxy) is 1. The topological polar surface area (TPSA) is 59.1 Å². The highest BCUT2D eigenvalue weighted by Gasteiger charge is 2.04. The summed E-state index contributed by atoms with van der Waals surface area (Å²) in [6.07, 6.45) is 0. The summed E-state index contributed by atoms with van der Waals surface area (Å²) in [4.78, 5) is 0. The largest absolute Gasteiger partial charge is 0.478 e. The quantitative estimate of drug-likeness (QED) is 0.416. The second-order valence-corrected chi connectivity index (χ2v) is 2.50. The van der Waals surface area contributed by atoms with Gasteiger partial charge in [-0.25, -0.2) is 4.39 Å². The zero-order valence-corrected chi connectivity index (χ0v) is 7.30. The molecule has 0 fully saturated rings. The first-order valence-corrected chi connectivity index (χ1v) is 3.92. The van der Waals surface area contributed by atoms with E-state index in [0.717, 1.165) is 0 Å². The number of nitrogens with one attached hydrogen (secondary N) is 1. The van der Waals surface area contributed by atoms with Crippen molar-refractivity contribution in [2.45, 2.75) is 6.92 Å². The molecule has 3 nitrogen and oxygen atoms in total. The second-order valence-electron chi connectivity index (χ2n) is 2.50. The van der Waals surface area contributed by atoms with Gasteiger partial charge < -0.3 is 10.5 Å². The van der Waals surface area contributed by atoms with Crippen LogP contribution >= 0.6 is 0 Å².